The van der Waals surface area contributed by atoms with Crippen LogP contribution in [0.5, 0.6) is 0 Å². The van der Waals surface area contributed by atoms with E-state index in [1.54, 1.807) is 12.1 Å². The molecule has 0 aliphatic carbocycles. The van der Waals surface area contributed by atoms with E-state index in [-0.39, 0.29) is 25.6 Å². The Kier molecular flexibility index (Phi) is 3.74. The topological polar surface area (TPSA) is 43.1 Å². The van der Waals surface area contributed by atoms with E-state index in [4.69, 9.17) is 0 Å². The molecule has 0 atom stereocenters. The Bertz CT molecular complexity index is 807. The summed E-state index contributed by atoms with van der Waals surface area (Å²) in [5, 5.41) is 13.3. The fourth-order valence-corrected chi connectivity index (χ4v) is 4.55. The first kappa shape index (κ1) is 13.8. The summed E-state index contributed by atoms with van der Waals surface area (Å²) in [5.74, 6) is 0. The minimum absolute atomic E-state index is 0.140. The third-order valence-electron chi connectivity index (χ3n) is 3.35. The maximum absolute atomic E-state index is 10.7. The Morgan fingerprint density at radius 1 is 0.952 bits per heavy atom. The van der Waals surface area contributed by atoms with Gasteiger partial charge < -0.3 is 0 Å². The van der Waals surface area contributed by atoms with Crippen molar-refractivity contribution in [2.24, 2.45) is 0 Å². The molecule has 104 valence electrons. The Morgan fingerprint density at radius 3 is 2.29 bits per heavy atom. The summed E-state index contributed by atoms with van der Waals surface area (Å²) >= 11 is 0.140. The molecule has 0 aliphatic rings. The van der Waals surface area contributed by atoms with Gasteiger partial charge in [-0.15, -0.1) is 0 Å². The molecule has 0 fully saturated rings. The molecule has 3 rings (SSSR count). The van der Waals surface area contributed by atoms with Crippen molar-refractivity contribution in [2.75, 3.05) is 0 Å². The molecular formula is C17H13NO2Se. The number of non-ortho nitro benzene ring substituents is 1. The predicted molar refractivity (Wildman–Crippen MR) is 86.8 cm³/mol. The van der Waals surface area contributed by atoms with Gasteiger partial charge in [-0.1, -0.05) is 0 Å². The van der Waals surface area contributed by atoms with Crippen LogP contribution in [0.3, 0.4) is 0 Å². The Balaban J connectivity index is 2.00. The van der Waals surface area contributed by atoms with Crippen LogP contribution in [0.15, 0.2) is 60.7 Å². The Labute approximate surface area is 128 Å². The van der Waals surface area contributed by atoms with E-state index in [0.717, 1.165) is 4.46 Å². The van der Waals surface area contributed by atoms with Crippen molar-refractivity contribution in [1.82, 2.24) is 0 Å². The van der Waals surface area contributed by atoms with E-state index < -0.39 is 0 Å². The number of nitrogens with zero attached hydrogens (tertiary/aromatic N) is 1. The van der Waals surface area contributed by atoms with Crippen LogP contribution >= 0.6 is 0 Å². The van der Waals surface area contributed by atoms with Crippen LogP contribution in [0, 0.1) is 17.0 Å². The zero-order chi connectivity index (χ0) is 14.8. The molecule has 0 heterocycles. The second-order valence-electron chi connectivity index (χ2n) is 4.78. The molecule has 0 spiro atoms. The van der Waals surface area contributed by atoms with Crippen molar-refractivity contribution < 1.29 is 4.92 Å². The van der Waals surface area contributed by atoms with Gasteiger partial charge in [-0.25, -0.2) is 0 Å². The molecule has 0 aromatic heterocycles. The first-order valence-electron chi connectivity index (χ1n) is 6.56. The number of hydrogen-bond acceptors (Lipinski definition) is 2. The van der Waals surface area contributed by atoms with Gasteiger partial charge >= 0.3 is 129 Å². The van der Waals surface area contributed by atoms with E-state index in [0.29, 0.717) is 0 Å². The van der Waals surface area contributed by atoms with Gasteiger partial charge in [0.25, 0.3) is 0 Å². The summed E-state index contributed by atoms with van der Waals surface area (Å²) in [6, 6.07) is 19.5. The number of benzene rings is 3. The molecule has 0 amide bonds. The third-order valence-corrected chi connectivity index (χ3v) is 5.59. The fourth-order valence-electron chi connectivity index (χ4n) is 2.34. The molecule has 4 heteroatoms. The van der Waals surface area contributed by atoms with E-state index in [9.17, 15) is 10.1 Å². The molecule has 3 aromatic rings. The molecule has 0 radical (unpaired) electrons. The Morgan fingerprint density at radius 2 is 1.62 bits per heavy atom. The van der Waals surface area contributed by atoms with Gasteiger partial charge in [0.1, 0.15) is 0 Å². The Hall–Kier alpha value is -2.16. The summed E-state index contributed by atoms with van der Waals surface area (Å²) in [7, 11) is 0. The minimum atomic E-state index is -0.362. The molecule has 3 aromatic carbocycles. The quantitative estimate of drug-likeness (QED) is 0.417. The van der Waals surface area contributed by atoms with Crippen LogP contribution in [0.25, 0.3) is 10.8 Å². The van der Waals surface area contributed by atoms with Gasteiger partial charge in [-0.05, 0) is 0 Å². The van der Waals surface area contributed by atoms with Crippen molar-refractivity contribution >= 4 is 40.3 Å². The molecule has 0 bridgehead atoms. The number of aryl methyl sites for hydroxylation is 1. The van der Waals surface area contributed by atoms with Gasteiger partial charge in [-0.3, -0.25) is 0 Å². The number of fused-ring (bicyclic) bond motifs is 1. The average Bonchev–Trinajstić information content (AvgIpc) is 2.48. The summed E-state index contributed by atoms with van der Waals surface area (Å²) in [6.45, 7) is 2.12. The first-order valence-corrected chi connectivity index (χ1v) is 8.27. The van der Waals surface area contributed by atoms with Crippen LogP contribution in [0.4, 0.5) is 5.69 Å². The molecule has 0 N–H and O–H groups in total. The van der Waals surface area contributed by atoms with Gasteiger partial charge in [0.2, 0.25) is 0 Å². The molecule has 0 aliphatic heterocycles. The summed E-state index contributed by atoms with van der Waals surface area (Å²) in [6.07, 6.45) is 0. The van der Waals surface area contributed by atoms with Gasteiger partial charge in [-0.2, -0.15) is 0 Å². The van der Waals surface area contributed by atoms with Gasteiger partial charge in [0, 0.05) is 0 Å². The molecule has 0 saturated heterocycles. The van der Waals surface area contributed by atoms with Crippen LogP contribution < -0.4 is 8.92 Å². The monoisotopic (exact) mass is 343 g/mol. The standard InChI is InChI=1S/C17H13NO2Se/c1-12-4-2-5-13-6-3-7-16(17(12)13)21-15-10-8-14(9-11-15)18(19)20/h2-11H,1H3. The van der Waals surface area contributed by atoms with E-state index in [1.165, 1.54) is 20.8 Å². The number of hydrogen-bond donors (Lipinski definition) is 0. The zero-order valence-corrected chi connectivity index (χ0v) is 13.2. The van der Waals surface area contributed by atoms with Crippen molar-refractivity contribution in [3.05, 3.63) is 76.3 Å². The number of nitro benzene ring substituents is 1. The average molecular weight is 342 g/mol. The predicted octanol–water partition coefficient (Wildman–Crippen LogP) is 2.71. The zero-order valence-electron chi connectivity index (χ0n) is 11.4. The SMILES string of the molecule is Cc1cccc2cccc([Se]c3ccc([N+](=O)[O-])cc3)c12. The molecule has 21 heavy (non-hydrogen) atoms. The van der Waals surface area contributed by atoms with Crippen LogP contribution in [-0.4, -0.2) is 19.9 Å². The normalized spacial score (nSPS) is 10.7. The molecule has 3 nitrogen and oxygen atoms in total. The number of nitro groups is 1. The maximum atomic E-state index is 10.7. The summed E-state index contributed by atoms with van der Waals surface area (Å²) in [5.41, 5.74) is 1.41. The van der Waals surface area contributed by atoms with Gasteiger partial charge in [0.15, 0.2) is 0 Å². The second kappa shape index (κ2) is 5.68. The van der Waals surface area contributed by atoms with E-state index >= 15 is 0 Å². The van der Waals surface area contributed by atoms with Crippen molar-refractivity contribution in [3.8, 4) is 0 Å². The van der Waals surface area contributed by atoms with Crippen molar-refractivity contribution in [1.29, 1.82) is 0 Å². The van der Waals surface area contributed by atoms with Crippen LogP contribution in [-0.2, 0) is 0 Å². The summed E-state index contributed by atoms with van der Waals surface area (Å²) < 4.78 is 2.45. The van der Waals surface area contributed by atoms with Crippen LogP contribution in [0.1, 0.15) is 5.56 Å². The first-order chi connectivity index (χ1) is 10.1. The van der Waals surface area contributed by atoms with E-state index in [1.807, 2.05) is 12.1 Å². The van der Waals surface area contributed by atoms with Crippen molar-refractivity contribution in [2.45, 2.75) is 6.92 Å². The third kappa shape index (κ3) is 2.82. The van der Waals surface area contributed by atoms with Gasteiger partial charge in [0.05, 0.1) is 0 Å². The molecule has 0 unspecified atom stereocenters. The summed E-state index contributed by atoms with van der Waals surface area (Å²) in [4.78, 5) is 10.3. The fraction of sp³-hybridized carbons (Fsp3) is 0.0588. The van der Waals surface area contributed by atoms with E-state index in [2.05, 4.69) is 43.3 Å². The van der Waals surface area contributed by atoms with Crippen LogP contribution in [0.2, 0.25) is 0 Å². The second-order valence-corrected chi connectivity index (χ2v) is 7.12. The molecular weight excluding hydrogens is 329 g/mol. The molecule has 0 saturated carbocycles. The number of rotatable bonds is 3. The van der Waals surface area contributed by atoms with Crippen molar-refractivity contribution in [3.63, 3.8) is 0 Å².